The van der Waals surface area contributed by atoms with Crippen LogP contribution in [0.2, 0.25) is 0 Å². The molecule has 0 spiro atoms. The van der Waals surface area contributed by atoms with E-state index in [1.807, 2.05) is 52.0 Å². The van der Waals surface area contributed by atoms with E-state index in [0.29, 0.717) is 5.88 Å². The number of methoxy groups -OCH3 is 1. The van der Waals surface area contributed by atoms with Crippen LogP contribution in [0.4, 0.5) is 0 Å². The van der Waals surface area contributed by atoms with Gasteiger partial charge in [-0.05, 0) is 31.5 Å². The van der Waals surface area contributed by atoms with Crippen molar-refractivity contribution < 1.29 is 9.15 Å². The van der Waals surface area contributed by atoms with Crippen molar-refractivity contribution >= 4 is 0 Å². The Balaban J connectivity index is 0.000000278. The Morgan fingerprint density at radius 1 is 1.12 bits per heavy atom. The topological polar surface area (TPSA) is 35.3 Å². The zero-order valence-electron chi connectivity index (χ0n) is 11.2. The van der Waals surface area contributed by atoms with E-state index in [2.05, 4.69) is 4.98 Å². The van der Waals surface area contributed by atoms with E-state index in [4.69, 9.17) is 9.15 Å². The maximum Gasteiger partial charge on any atom is 0.213 e. The SMILES string of the molecule is CC.COc1cccc(C)n1.Cc1ccoc1. The number of hydrogen-bond donors (Lipinski definition) is 0. The van der Waals surface area contributed by atoms with Crippen LogP contribution in [0, 0.1) is 13.8 Å². The first-order chi connectivity index (χ1) is 8.22. The highest BCUT2D eigenvalue weighted by molar-refractivity contribution is 5.14. The van der Waals surface area contributed by atoms with E-state index < -0.39 is 0 Å². The molecule has 0 saturated heterocycles. The van der Waals surface area contributed by atoms with Crippen LogP contribution in [0.15, 0.2) is 41.2 Å². The molecule has 2 aromatic heterocycles. The van der Waals surface area contributed by atoms with Crippen LogP contribution in [0.3, 0.4) is 0 Å². The fraction of sp³-hybridized carbons (Fsp3) is 0.357. The normalized spacial score (nSPS) is 8.29. The van der Waals surface area contributed by atoms with Gasteiger partial charge in [-0.1, -0.05) is 19.9 Å². The van der Waals surface area contributed by atoms with Gasteiger partial charge in [0.25, 0.3) is 0 Å². The van der Waals surface area contributed by atoms with Crippen LogP contribution in [-0.2, 0) is 0 Å². The third kappa shape index (κ3) is 7.17. The Kier molecular flexibility index (Phi) is 8.47. The Morgan fingerprint density at radius 3 is 2.12 bits per heavy atom. The van der Waals surface area contributed by atoms with Gasteiger partial charge >= 0.3 is 0 Å². The summed E-state index contributed by atoms with van der Waals surface area (Å²) in [7, 11) is 1.61. The van der Waals surface area contributed by atoms with Crippen LogP contribution in [0.5, 0.6) is 5.88 Å². The molecule has 2 heterocycles. The van der Waals surface area contributed by atoms with Crippen molar-refractivity contribution in [1.82, 2.24) is 4.98 Å². The van der Waals surface area contributed by atoms with Gasteiger partial charge in [0.15, 0.2) is 0 Å². The highest BCUT2D eigenvalue weighted by Gasteiger charge is 1.88. The molecule has 0 unspecified atom stereocenters. The molecule has 2 rings (SSSR count). The lowest BCUT2D eigenvalue weighted by Crippen LogP contribution is -1.87. The lowest BCUT2D eigenvalue weighted by Gasteiger charge is -1.96. The number of pyridine rings is 1. The minimum absolute atomic E-state index is 0.676. The Hall–Kier alpha value is -1.77. The fourth-order valence-corrected chi connectivity index (χ4v) is 0.964. The van der Waals surface area contributed by atoms with E-state index in [1.54, 1.807) is 19.6 Å². The molecule has 0 saturated carbocycles. The molecule has 3 nitrogen and oxygen atoms in total. The first-order valence-electron chi connectivity index (χ1n) is 5.69. The third-order valence-corrected chi connectivity index (χ3v) is 1.74. The molecule has 0 radical (unpaired) electrons. The van der Waals surface area contributed by atoms with Crippen molar-refractivity contribution in [3.8, 4) is 5.88 Å². The summed E-state index contributed by atoms with van der Waals surface area (Å²) in [5.74, 6) is 0.676. The molecule has 0 atom stereocenters. The van der Waals surface area contributed by atoms with Gasteiger partial charge < -0.3 is 9.15 Å². The summed E-state index contributed by atoms with van der Waals surface area (Å²) in [6.45, 7) is 7.92. The standard InChI is InChI=1S/C7H9NO.C5H6O.C2H6/c1-6-4-3-5-7(8-6)9-2;1-5-2-3-6-4-5;1-2/h3-5H,1-2H3;2-4H,1H3;1-2H3. The molecule has 0 bridgehead atoms. The number of furan rings is 1. The molecule has 0 aliphatic carbocycles. The molecule has 0 aromatic carbocycles. The van der Waals surface area contributed by atoms with Crippen molar-refractivity contribution in [2.75, 3.05) is 7.11 Å². The first kappa shape index (κ1) is 15.2. The van der Waals surface area contributed by atoms with Crippen LogP contribution < -0.4 is 4.74 Å². The van der Waals surface area contributed by atoms with Crippen molar-refractivity contribution in [1.29, 1.82) is 0 Å². The lowest BCUT2D eigenvalue weighted by molar-refractivity contribution is 0.397. The minimum Gasteiger partial charge on any atom is -0.481 e. The molecular weight excluding hydrogens is 214 g/mol. The van der Waals surface area contributed by atoms with E-state index in [0.717, 1.165) is 5.69 Å². The van der Waals surface area contributed by atoms with Crippen molar-refractivity contribution in [2.24, 2.45) is 0 Å². The maximum atomic E-state index is 4.88. The van der Waals surface area contributed by atoms with Gasteiger partial charge in [-0.3, -0.25) is 0 Å². The van der Waals surface area contributed by atoms with Gasteiger partial charge in [-0.25, -0.2) is 4.98 Å². The van der Waals surface area contributed by atoms with Crippen LogP contribution in [-0.4, -0.2) is 12.1 Å². The van der Waals surface area contributed by atoms with Crippen LogP contribution >= 0.6 is 0 Å². The number of aromatic nitrogens is 1. The largest absolute Gasteiger partial charge is 0.481 e. The third-order valence-electron chi connectivity index (χ3n) is 1.74. The molecule has 94 valence electrons. The first-order valence-corrected chi connectivity index (χ1v) is 5.69. The Bertz CT molecular complexity index is 383. The van der Waals surface area contributed by atoms with E-state index in [9.17, 15) is 0 Å². The smallest absolute Gasteiger partial charge is 0.213 e. The zero-order valence-corrected chi connectivity index (χ0v) is 11.2. The average Bonchev–Trinajstić information content (AvgIpc) is 2.84. The molecule has 0 aliphatic rings. The van der Waals surface area contributed by atoms with Crippen molar-refractivity contribution in [3.05, 3.63) is 48.0 Å². The quantitative estimate of drug-likeness (QED) is 0.749. The molecule has 0 fully saturated rings. The van der Waals surface area contributed by atoms with E-state index >= 15 is 0 Å². The van der Waals surface area contributed by atoms with Gasteiger partial charge in [0.05, 0.1) is 19.6 Å². The summed E-state index contributed by atoms with van der Waals surface area (Å²) >= 11 is 0. The summed E-state index contributed by atoms with van der Waals surface area (Å²) in [5.41, 5.74) is 2.16. The monoisotopic (exact) mass is 235 g/mol. The van der Waals surface area contributed by atoms with Crippen LogP contribution in [0.1, 0.15) is 25.1 Å². The highest BCUT2D eigenvalue weighted by Crippen LogP contribution is 2.04. The van der Waals surface area contributed by atoms with Gasteiger partial charge in [-0.15, -0.1) is 0 Å². The molecule has 17 heavy (non-hydrogen) atoms. The average molecular weight is 235 g/mol. The number of rotatable bonds is 1. The summed E-state index contributed by atoms with van der Waals surface area (Å²) in [5, 5.41) is 0. The Labute approximate surface area is 103 Å². The molecule has 3 heteroatoms. The predicted octanol–water partition coefficient (Wildman–Crippen LogP) is 4.01. The second-order valence-corrected chi connectivity index (χ2v) is 3.12. The number of aryl methyl sites for hydroxylation is 2. The molecule has 0 amide bonds. The lowest BCUT2D eigenvalue weighted by atomic mass is 10.4. The van der Waals surface area contributed by atoms with E-state index in [1.165, 1.54) is 5.56 Å². The van der Waals surface area contributed by atoms with Gasteiger partial charge in [-0.2, -0.15) is 0 Å². The zero-order chi connectivity index (χ0) is 13.1. The van der Waals surface area contributed by atoms with E-state index in [-0.39, 0.29) is 0 Å². The second kappa shape index (κ2) is 9.46. The molecular formula is C14H21NO2. The number of hydrogen-bond acceptors (Lipinski definition) is 3. The highest BCUT2D eigenvalue weighted by atomic mass is 16.5. The second-order valence-electron chi connectivity index (χ2n) is 3.12. The summed E-state index contributed by atoms with van der Waals surface area (Å²) in [4.78, 5) is 4.07. The molecule has 0 N–H and O–H groups in total. The van der Waals surface area contributed by atoms with Gasteiger partial charge in [0.2, 0.25) is 5.88 Å². The van der Waals surface area contributed by atoms with Gasteiger partial charge in [0.1, 0.15) is 0 Å². The van der Waals surface area contributed by atoms with Crippen molar-refractivity contribution in [2.45, 2.75) is 27.7 Å². The fourth-order valence-electron chi connectivity index (χ4n) is 0.964. The summed E-state index contributed by atoms with van der Waals surface area (Å²) in [6, 6.07) is 7.59. The van der Waals surface area contributed by atoms with Crippen LogP contribution in [0.25, 0.3) is 0 Å². The minimum atomic E-state index is 0.676. The maximum absolute atomic E-state index is 4.88. The molecule has 2 aromatic rings. The predicted molar refractivity (Wildman–Crippen MR) is 70.3 cm³/mol. The summed E-state index contributed by atoms with van der Waals surface area (Å²) < 4.78 is 9.60. The molecule has 0 aliphatic heterocycles. The summed E-state index contributed by atoms with van der Waals surface area (Å²) in [6.07, 6.45) is 3.37. The van der Waals surface area contributed by atoms with Gasteiger partial charge in [0, 0.05) is 11.8 Å². The number of ether oxygens (including phenoxy) is 1. The number of nitrogens with zero attached hydrogens (tertiary/aromatic N) is 1. The van der Waals surface area contributed by atoms with Crippen molar-refractivity contribution in [3.63, 3.8) is 0 Å². The Morgan fingerprint density at radius 2 is 1.82 bits per heavy atom.